The summed E-state index contributed by atoms with van der Waals surface area (Å²) in [6, 6.07) is 14.3. The van der Waals surface area contributed by atoms with Gasteiger partial charge in [-0.1, -0.05) is 30.3 Å². The molecule has 156 valence electrons. The van der Waals surface area contributed by atoms with Gasteiger partial charge in [-0.15, -0.1) is 11.3 Å². The van der Waals surface area contributed by atoms with E-state index in [4.69, 9.17) is 0 Å². The molecule has 0 unspecified atom stereocenters. The van der Waals surface area contributed by atoms with Gasteiger partial charge in [0.2, 0.25) is 5.91 Å². The fraction of sp³-hybridized carbons (Fsp3) is 0.217. The zero-order valence-corrected chi connectivity index (χ0v) is 17.7. The lowest BCUT2D eigenvalue weighted by Gasteiger charge is -2.40. The molecule has 2 aliphatic rings. The third-order valence-electron chi connectivity index (χ3n) is 5.52. The Labute approximate surface area is 183 Å². The number of benzene rings is 2. The Balaban J connectivity index is 1.40. The van der Waals surface area contributed by atoms with Crippen LogP contribution in [-0.2, 0) is 11.2 Å². The third-order valence-corrected chi connectivity index (χ3v) is 6.55. The maximum atomic E-state index is 13.3. The Hall–Kier alpha value is -3.52. The van der Waals surface area contributed by atoms with Crippen molar-refractivity contribution in [2.45, 2.75) is 19.5 Å². The van der Waals surface area contributed by atoms with Gasteiger partial charge in [0.05, 0.1) is 16.3 Å². The van der Waals surface area contributed by atoms with Gasteiger partial charge in [-0.25, -0.2) is 4.98 Å². The maximum Gasteiger partial charge on any atom is 0.260 e. The summed E-state index contributed by atoms with van der Waals surface area (Å²) >= 11 is 1.56. The minimum absolute atomic E-state index is 0.132. The smallest absolute Gasteiger partial charge is 0.260 e. The van der Waals surface area contributed by atoms with Gasteiger partial charge >= 0.3 is 0 Å². The molecule has 0 saturated carbocycles. The number of amides is 3. The average molecular weight is 433 g/mol. The van der Waals surface area contributed by atoms with E-state index in [1.54, 1.807) is 46.6 Å². The summed E-state index contributed by atoms with van der Waals surface area (Å²) in [6.07, 6.45) is 0.0104. The highest BCUT2D eigenvalue weighted by molar-refractivity contribution is 7.09. The van der Waals surface area contributed by atoms with Gasteiger partial charge in [-0.2, -0.15) is 0 Å². The molecule has 2 aromatic carbocycles. The fourth-order valence-electron chi connectivity index (χ4n) is 4.17. The zero-order valence-electron chi connectivity index (χ0n) is 16.9. The lowest BCUT2D eigenvalue weighted by atomic mass is 10.0. The minimum atomic E-state index is -0.626. The third kappa shape index (κ3) is 3.29. The van der Waals surface area contributed by atoms with Gasteiger partial charge in [0, 0.05) is 35.2 Å². The van der Waals surface area contributed by atoms with E-state index in [1.807, 2.05) is 30.5 Å². The average Bonchev–Trinajstić information content (AvgIpc) is 3.32. The van der Waals surface area contributed by atoms with Crippen molar-refractivity contribution in [2.75, 3.05) is 18.0 Å². The highest BCUT2D eigenvalue weighted by atomic mass is 32.1. The second kappa shape index (κ2) is 7.63. The largest absolute Gasteiger partial charge is 0.354 e. The molecule has 1 atom stereocenters. The number of hydrogen-bond acceptors (Lipinski definition) is 5. The quantitative estimate of drug-likeness (QED) is 0.672. The lowest BCUT2D eigenvalue weighted by Crippen LogP contribution is -2.51. The predicted molar refractivity (Wildman–Crippen MR) is 117 cm³/mol. The van der Waals surface area contributed by atoms with Crippen LogP contribution in [0.3, 0.4) is 0 Å². The molecule has 0 bridgehead atoms. The standard InChI is InChI=1S/C23H20N4O3S/c1-14-13-31-20(25-14)10-11-24-19(28)12-26-21-15-6-2-3-7-16(15)23(30)27(21)18-9-5-4-8-17(18)22(26)29/h2-9,13,21H,10-12H2,1H3,(H,24,28)/t21-/m1/s1. The summed E-state index contributed by atoms with van der Waals surface area (Å²) in [5.41, 5.74) is 3.26. The molecule has 0 aliphatic carbocycles. The van der Waals surface area contributed by atoms with Crippen LogP contribution in [-0.4, -0.2) is 40.7 Å². The van der Waals surface area contributed by atoms with Gasteiger partial charge < -0.3 is 10.2 Å². The van der Waals surface area contributed by atoms with Gasteiger partial charge in [0.1, 0.15) is 12.7 Å². The molecule has 3 aromatic rings. The summed E-state index contributed by atoms with van der Waals surface area (Å²) < 4.78 is 0. The van der Waals surface area contributed by atoms with Crippen LogP contribution >= 0.6 is 11.3 Å². The number of hydrogen-bond donors (Lipinski definition) is 1. The first kappa shape index (κ1) is 19.4. The lowest BCUT2D eigenvalue weighted by molar-refractivity contribution is -0.122. The van der Waals surface area contributed by atoms with E-state index in [0.717, 1.165) is 16.3 Å². The number of carbonyl (C=O) groups excluding carboxylic acids is 3. The topological polar surface area (TPSA) is 82.6 Å². The van der Waals surface area contributed by atoms with Crippen molar-refractivity contribution in [3.8, 4) is 0 Å². The normalized spacial score (nSPS) is 16.7. The Bertz CT molecular complexity index is 1200. The summed E-state index contributed by atoms with van der Waals surface area (Å²) in [7, 11) is 0. The van der Waals surface area contributed by atoms with Gasteiger partial charge in [0.25, 0.3) is 11.8 Å². The molecule has 8 heteroatoms. The number of carbonyl (C=O) groups is 3. The monoisotopic (exact) mass is 432 g/mol. The highest BCUT2D eigenvalue weighted by Gasteiger charge is 2.47. The first-order chi connectivity index (χ1) is 15.0. The van der Waals surface area contributed by atoms with Crippen LogP contribution in [0.25, 0.3) is 0 Å². The first-order valence-electron chi connectivity index (χ1n) is 10.0. The molecule has 0 saturated heterocycles. The molecule has 3 amide bonds. The second-order valence-corrected chi connectivity index (χ2v) is 8.51. The van der Waals surface area contributed by atoms with Crippen LogP contribution in [0.15, 0.2) is 53.9 Å². The molecule has 31 heavy (non-hydrogen) atoms. The van der Waals surface area contributed by atoms with Crippen LogP contribution in [0.2, 0.25) is 0 Å². The van der Waals surface area contributed by atoms with E-state index in [-0.39, 0.29) is 24.3 Å². The van der Waals surface area contributed by atoms with Crippen LogP contribution in [0.5, 0.6) is 0 Å². The molecule has 3 heterocycles. The van der Waals surface area contributed by atoms with E-state index >= 15 is 0 Å². The van der Waals surface area contributed by atoms with Crippen molar-refractivity contribution >= 4 is 34.7 Å². The number of thiazole rings is 1. The number of aryl methyl sites for hydroxylation is 1. The number of nitrogens with one attached hydrogen (secondary N) is 1. The highest BCUT2D eigenvalue weighted by Crippen LogP contribution is 2.44. The zero-order chi connectivity index (χ0) is 21.5. The van der Waals surface area contributed by atoms with Crippen molar-refractivity contribution in [3.05, 3.63) is 81.3 Å². The van der Waals surface area contributed by atoms with Crippen molar-refractivity contribution < 1.29 is 14.4 Å². The molecule has 5 rings (SSSR count). The summed E-state index contributed by atoms with van der Waals surface area (Å²) in [4.78, 5) is 46.7. The minimum Gasteiger partial charge on any atom is -0.354 e. The number of anilines is 1. The van der Waals surface area contributed by atoms with E-state index < -0.39 is 6.17 Å². The number of para-hydroxylation sites is 1. The molecule has 7 nitrogen and oxygen atoms in total. The molecule has 1 N–H and O–H groups in total. The summed E-state index contributed by atoms with van der Waals surface area (Å²) in [5.74, 6) is -0.685. The maximum absolute atomic E-state index is 13.3. The number of fused-ring (bicyclic) bond motifs is 5. The molecule has 0 radical (unpaired) electrons. The first-order valence-corrected chi connectivity index (χ1v) is 10.9. The number of rotatable bonds is 5. The van der Waals surface area contributed by atoms with E-state index in [1.165, 1.54) is 4.90 Å². The van der Waals surface area contributed by atoms with E-state index in [9.17, 15) is 14.4 Å². The van der Waals surface area contributed by atoms with Crippen molar-refractivity contribution in [1.29, 1.82) is 0 Å². The Morgan fingerprint density at radius 3 is 2.58 bits per heavy atom. The molecule has 1 aromatic heterocycles. The van der Waals surface area contributed by atoms with E-state index in [2.05, 4.69) is 10.3 Å². The van der Waals surface area contributed by atoms with Crippen LogP contribution in [0, 0.1) is 6.92 Å². The summed E-state index contributed by atoms with van der Waals surface area (Å²) in [5, 5.41) is 5.81. The van der Waals surface area contributed by atoms with Crippen LogP contribution < -0.4 is 10.2 Å². The van der Waals surface area contributed by atoms with Crippen molar-refractivity contribution in [1.82, 2.24) is 15.2 Å². The van der Waals surface area contributed by atoms with Gasteiger partial charge in [0.15, 0.2) is 0 Å². The van der Waals surface area contributed by atoms with Crippen LogP contribution in [0.1, 0.15) is 43.1 Å². The van der Waals surface area contributed by atoms with Gasteiger partial charge in [-0.3, -0.25) is 19.3 Å². The predicted octanol–water partition coefficient (Wildman–Crippen LogP) is 2.93. The number of aromatic nitrogens is 1. The van der Waals surface area contributed by atoms with E-state index in [0.29, 0.717) is 29.8 Å². The molecule has 0 spiro atoms. The fourth-order valence-corrected chi connectivity index (χ4v) is 4.95. The molecule has 2 aliphatic heterocycles. The Kier molecular flexibility index (Phi) is 4.78. The molecule has 0 fully saturated rings. The van der Waals surface area contributed by atoms with Crippen molar-refractivity contribution in [3.63, 3.8) is 0 Å². The Morgan fingerprint density at radius 2 is 1.81 bits per heavy atom. The van der Waals surface area contributed by atoms with Gasteiger partial charge in [-0.05, 0) is 25.1 Å². The van der Waals surface area contributed by atoms with Crippen LogP contribution in [0.4, 0.5) is 5.69 Å². The SMILES string of the molecule is Cc1csc(CCNC(=O)CN2C(=O)c3ccccc3N3C(=O)c4ccccc4[C@H]23)n1. The van der Waals surface area contributed by atoms with Crippen molar-refractivity contribution in [2.24, 2.45) is 0 Å². The summed E-state index contributed by atoms with van der Waals surface area (Å²) in [6.45, 7) is 2.24. The number of nitrogens with zero attached hydrogens (tertiary/aromatic N) is 3. The molecular formula is C23H20N4O3S. The Morgan fingerprint density at radius 1 is 1.06 bits per heavy atom. The molecular weight excluding hydrogens is 412 g/mol. The second-order valence-electron chi connectivity index (χ2n) is 7.57.